The Kier molecular flexibility index (Phi) is 5.58. The van der Waals surface area contributed by atoms with Crippen molar-refractivity contribution in [1.82, 2.24) is 4.98 Å². The average Bonchev–Trinajstić information content (AvgIpc) is 2.94. The molecule has 1 aliphatic heterocycles. The maximum Gasteiger partial charge on any atom is 0.275 e. The van der Waals surface area contributed by atoms with Crippen LogP contribution in [-0.4, -0.2) is 29.9 Å². The second kappa shape index (κ2) is 7.29. The normalized spacial score (nSPS) is 20.0. The van der Waals surface area contributed by atoms with Crippen molar-refractivity contribution in [3.8, 4) is 0 Å². The molecule has 1 unspecified atom stereocenters. The molecule has 3 rings (SSSR count). The van der Waals surface area contributed by atoms with Crippen LogP contribution in [0.3, 0.4) is 0 Å². The minimum Gasteiger partial charge on any atom is -0.386 e. The standard InChI is InChI=1S/C16H18N4O2S.ClH/c1-10-18-13(8-23-10)15(21)19-12-5-3-4-11(6-12)16(2)9-22-7-14(17)20-16;/h3-6,8H,7,9H2,1-2H3,(H2,17,20)(H,19,21);1H. The molecule has 1 atom stereocenters. The predicted octanol–water partition coefficient (Wildman–Crippen LogP) is 2.73. The van der Waals surface area contributed by atoms with Gasteiger partial charge in [-0.2, -0.15) is 0 Å². The van der Waals surface area contributed by atoms with Gasteiger partial charge in [0.05, 0.1) is 11.6 Å². The number of carbonyl (C=O) groups excluding carboxylic acids is 1. The van der Waals surface area contributed by atoms with Crippen LogP contribution in [0.1, 0.15) is 28.0 Å². The first-order valence-electron chi connectivity index (χ1n) is 7.22. The zero-order chi connectivity index (χ0) is 16.4. The number of amides is 1. The number of hydrogen-bond acceptors (Lipinski definition) is 6. The van der Waals surface area contributed by atoms with E-state index in [1.54, 1.807) is 5.38 Å². The van der Waals surface area contributed by atoms with Crippen molar-refractivity contribution in [2.24, 2.45) is 10.7 Å². The van der Waals surface area contributed by atoms with Crippen LogP contribution in [0.25, 0.3) is 0 Å². The minimum absolute atomic E-state index is 0. The van der Waals surface area contributed by atoms with Gasteiger partial charge in [0, 0.05) is 11.1 Å². The second-order valence-electron chi connectivity index (χ2n) is 5.66. The van der Waals surface area contributed by atoms with Gasteiger partial charge in [-0.15, -0.1) is 23.7 Å². The van der Waals surface area contributed by atoms with Crippen LogP contribution >= 0.6 is 23.7 Å². The summed E-state index contributed by atoms with van der Waals surface area (Å²) in [5.41, 5.74) is 7.31. The van der Waals surface area contributed by atoms with Crippen molar-refractivity contribution >= 4 is 41.2 Å². The fraction of sp³-hybridized carbons (Fsp3) is 0.312. The molecule has 0 radical (unpaired) electrons. The number of nitrogens with two attached hydrogens (primary N) is 1. The highest BCUT2D eigenvalue weighted by atomic mass is 35.5. The van der Waals surface area contributed by atoms with Gasteiger partial charge in [0.25, 0.3) is 5.91 Å². The van der Waals surface area contributed by atoms with Gasteiger partial charge in [-0.25, -0.2) is 4.98 Å². The molecule has 3 N–H and O–H groups in total. The number of amidine groups is 1. The Labute approximate surface area is 150 Å². The van der Waals surface area contributed by atoms with Gasteiger partial charge in [-0.1, -0.05) is 12.1 Å². The Bertz CT molecular complexity index is 777. The zero-order valence-electron chi connectivity index (χ0n) is 13.4. The van der Waals surface area contributed by atoms with E-state index in [-0.39, 0.29) is 18.3 Å². The monoisotopic (exact) mass is 366 g/mol. The molecule has 0 spiro atoms. The first kappa shape index (κ1) is 18.4. The van der Waals surface area contributed by atoms with E-state index < -0.39 is 5.54 Å². The molecular formula is C16H19ClN4O2S. The third kappa shape index (κ3) is 3.92. The molecule has 0 saturated carbocycles. The summed E-state index contributed by atoms with van der Waals surface area (Å²) in [6.45, 7) is 4.64. The number of anilines is 1. The number of aliphatic imine (C=N–C) groups is 1. The third-order valence-electron chi connectivity index (χ3n) is 3.62. The summed E-state index contributed by atoms with van der Waals surface area (Å²) in [6, 6.07) is 7.56. The Balaban J connectivity index is 0.00000208. The number of hydrogen-bond donors (Lipinski definition) is 2. The molecule has 0 aliphatic carbocycles. The summed E-state index contributed by atoms with van der Waals surface area (Å²) in [5.74, 6) is 0.255. The Morgan fingerprint density at radius 3 is 2.92 bits per heavy atom. The van der Waals surface area contributed by atoms with E-state index in [1.165, 1.54) is 11.3 Å². The van der Waals surface area contributed by atoms with Crippen LogP contribution in [0.2, 0.25) is 0 Å². The maximum absolute atomic E-state index is 12.2. The number of halogens is 1. The molecule has 1 aliphatic rings. The third-order valence-corrected chi connectivity index (χ3v) is 4.39. The van der Waals surface area contributed by atoms with Crippen LogP contribution in [-0.2, 0) is 10.3 Å². The van der Waals surface area contributed by atoms with E-state index in [9.17, 15) is 4.79 Å². The number of ether oxygens (including phenoxy) is 1. The summed E-state index contributed by atoms with van der Waals surface area (Å²) < 4.78 is 5.49. The Hall–Kier alpha value is -1.96. The van der Waals surface area contributed by atoms with E-state index in [0.29, 0.717) is 30.4 Å². The first-order valence-corrected chi connectivity index (χ1v) is 8.10. The van der Waals surface area contributed by atoms with Crippen molar-refractivity contribution in [1.29, 1.82) is 0 Å². The number of rotatable bonds is 3. The van der Waals surface area contributed by atoms with Crippen molar-refractivity contribution in [2.75, 3.05) is 18.5 Å². The molecule has 1 amide bonds. The quantitative estimate of drug-likeness (QED) is 0.873. The van der Waals surface area contributed by atoms with Crippen LogP contribution in [0.4, 0.5) is 5.69 Å². The van der Waals surface area contributed by atoms with Gasteiger partial charge < -0.3 is 15.8 Å². The molecule has 0 bridgehead atoms. The van der Waals surface area contributed by atoms with E-state index >= 15 is 0 Å². The molecule has 2 heterocycles. The molecule has 1 aromatic heterocycles. The van der Waals surface area contributed by atoms with E-state index in [2.05, 4.69) is 15.3 Å². The van der Waals surface area contributed by atoms with Crippen molar-refractivity contribution in [3.05, 3.63) is 45.9 Å². The smallest absolute Gasteiger partial charge is 0.275 e. The SMILES string of the molecule is Cc1nc(C(=O)Nc2cccc(C3(C)COCC(N)=N3)c2)cs1.Cl. The number of benzene rings is 1. The average molecular weight is 367 g/mol. The molecule has 0 saturated heterocycles. The van der Waals surface area contributed by atoms with Crippen molar-refractivity contribution in [2.45, 2.75) is 19.4 Å². The lowest BCUT2D eigenvalue weighted by Crippen LogP contribution is -2.37. The van der Waals surface area contributed by atoms with E-state index in [4.69, 9.17) is 10.5 Å². The Morgan fingerprint density at radius 1 is 1.46 bits per heavy atom. The Morgan fingerprint density at radius 2 is 2.25 bits per heavy atom. The highest BCUT2D eigenvalue weighted by Crippen LogP contribution is 2.30. The molecule has 1 aromatic carbocycles. The zero-order valence-corrected chi connectivity index (χ0v) is 15.0. The fourth-order valence-electron chi connectivity index (χ4n) is 2.48. The van der Waals surface area contributed by atoms with Crippen LogP contribution < -0.4 is 11.1 Å². The fourth-order valence-corrected chi connectivity index (χ4v) is 3.07. The first-order chi connectivity index (χ1) is 11.0. The highest BCUT2D eigenvalue weighted by Gasteiger charge is 2.30. The topological polar surface area (TPSA) is 89.6 Å². The van der Waals surface area contributed by atoms with Gasteiger partial charge in [0.1, 0.15) is 23.7 Å². The maximum atomic E-state index is 12.2. The molecule has 6 nitrogen and oxygen atoms in total. The van der Waals surface area contributed by atoms with Crippen LogP contribution in [0.5, 0.6) is 0 Å². The second-order valence-corrected chi connectivity index (χ2v) is 6.72. The number of thiazole rings is 1. The van der Waals surface area contributed by atoms with Crippen molar-refractivity contribution in [3.63, 3.8) is 0 Å². The largest absolute Gasteiger partial charge is 0.386 e. The van der Waals surface area contributed by atoms with Gasteiger partial charge in [-0.3, -0.25) is 9.79 Å². The van der Waals surface area contributed by atoms with E-state index in [1.807, 2.05) is 38.1 Å². The highest BCUT2D eigenvalue weighted by molar-refractivity contribution is 7.09. The summed E-state index contributed by atoms with van der Waals surface area (Å²) >= 11 is 1.45. The van der Waals surface area contributed by atoms with Crippen LogP contribution in [0.15, 0.2) is 34.6 Å². The lowest BCUT2D eigenvalue weighted by atomic mass is 9.92. The summed E-state index contributed by atoms with van der Waals surface area (Å²) in [5, 5.41) is 5.47. The van der Waals surface area contributed by atoms with Gasteiger partial charge in [0.15, 0.2) is 0 Å². The number of carbonyl (C=O) groups is 1. The lowest BCUT2D eigenvalue weighted by Gasteiger charge is -2.30. The number of nitrogens with zero attached hydrogens (tertiary/aromatic N) is 2. The minimum atomic E-state index is -0.541. The molecule has 8 heteroatoms. The number of aromatic nitrogens is 1. The van der Waals surface area contributed by atoms with Crippen LogP contribution in [0, 0.1) is 6.92 Å². The molecule has 0 fully saturated rings. The molecular weight excluding hydrogens is 348 g/mol. The van der Waals surface area contributed by atoms with E-state index in [0.717, 1.165) is 10.6 Å². The van der Waals surface area contributed by atoms with Gasteiger partial charge in [0.2, 0.25) is 0 Å². The summed E-state index contributed by atoms with van der Waals surface area (Å²) in [4.78, 5) is 20.9. The summed E-state index contributed by atoms with van der Waals surface area (Å²) in [7, 11) is 0. The molecule has 24 heavy (non-hydrogen) atoms. The summed E-state index contributed by atoms with van der Waals surface area (Å²) in [6.07, 6.45) is 0. The lowest BCUT2D eigenvalue weighted by molar-refractivity contribution is 0.102. The predicted molar refractivity (Wildman–Crippen MR) is 98.3 cm³/mol. The van der Waals surface area contributed by atoms with Crippen molar-refractivity contribution < 1.29 is 9.53 Å². The molecule has 128 valence electrons. The number of aryl methyl sites for hydroxylation is 1. The number of nitrogens with one attached hydrogen (secondary N) is 1. The van der Waals surface area contributed by atoms with Gasteiger partial charge in [-0.05, 0) is 31.5 Å². The molecule has 2 aromatic rings. The van der Waals surface area contributed by atoms with Gasteiger partial charge >= 0.3 is 0 Å².